The summed E-state index contributed by atoms with van der Waals surface area (Å²) >= 11 is 0. The Morgan fingerprint density at radius 2 is 2.00 bits per heavy atom. The third-order valence-corrected chi connectivity index (χ3v) is 1.91. The minimum Gasteiger partial charge on any atom is -0.314 e. The van der Waals surface area contributed by atoms with E-state index >= 15 is 0 Å². The van der Waals surface area contributed by atoms with Crippen molar-refractivity contribution in [2.45, 2.75) is 25.8 Å². The number of aryl methyl sites for hydroxylation is 1. The third kappa shape index (κ3) is 2.75. The van der Waals surface area contributed by atoms with Crippen LogP contribution in [0.4, 0.5) is 0 Å². The minimum absolute atomic E-state index is 0.158. The Morgan fingerprint density at radius 1 is 1.33 bits per heavy atom. The van der Waals surface area contributed by atoms with Crippen molar-refractivity contribution in [2.24, 2.45) is 0 Å². The Hall–Kier alpha value is -1.29. The summed E-state index contributed by atoms with van der Waals surface area (Å²) in [6.07, 6.45) is 1.98. The fraction of sp³-hybridized carbons (Fsp3) is 0.364. The number of rotatable bonds is 3. The lowest BCUT2D eigenvalue weighted by atomic mass is 10.1. The van der Waals surface area contributed by atoms with Crippen LogP contribution in [0.2, 0.25) is 0 Å². The molecule has 0 amide bonds. The Bertz CT molecular complexity index is 258. The molecule has 12 heavy (non-hydrogen) atoms. The van der Waals surface area contributed by atoms with Gasteiger partial charge in [0.2, 0.25) is 6.04 Å². The first-order valence-corrected chi connectivity index (χ1v) is 4.23. The molecular formula is C11H13N. The molecule has 0 aliphatic carbocycles. The van der Waals surface area contributed by atoms with Crippen molar-refractivity contribution in [3.63, 3.8) is 0 Å². The lowest BCUT2D eigenvalue weighted by molar-refractivity contribution is 0.744. The largest absolute Gasteiger partial charge is 0.314 e. The lowest BCUT2D eigenvalue weighted by Gasteiger charge is -1.99. The number of hydrogen-bond acceptors (Lipinski definition) is 0. The summed E-state index contributed by atoms with van der Waals surface area (Å²) in [4.78, 5) is 3.45. The van der Waals surface area contributed by atoms with Crippen molar-refractivity contribution in [1.82, 2.24) is 0 Å². The van der Waals surface area contributed by atoms with Gasteiger partial charge in [-0.25, -0.2) is 6.57 Å². The van der Waals surface area contributed by atoms with Crippen LogP contribution in [0.1, 0.15) is 18.9 Å². The molecule has 0 bridgehead atoms. The van der Waals surface area contributed by atoms with Gasteiger partial charge in [0.05, 0.1) is 0 Å². The highest BCUT2D eigenvalue weighted by Crippen LogP contribution is 2.06. The second kappa shape index (κ2) is 4.56. The van der Waals surface area contributed by atoms with E-state index in [4.69, 9.17) is 6.57 Å². The summed E-state index contributed by atoms with van der Waals surface area (Å²) in [6.45, 7) is 8.77. The molecule has 0 aliphatic rings. The van der Waals surface area contributed by atoms with Crippen LogP contribution < -0.4 is 0 Å². The lowest BCUT2D eigenvalue weighted by Crippen LogP contribution is -1.96. The Labute approximate surface area is 73.9 Å². The highest BCUT2D eigenvalue weighted by Gasteiger charge is 2.03. The molecule has 0 aromatic heterocycles. The zero-order valence-electron chi connectivity index (χ0n) is 7.33. The molecule has 0 spiro atoms. The molecular weight excluding hydrogens is 146 g/mol. The third-order valence-electron chi connectivity index (χ3n) is 1.91. The summed E-state index contributed by atoms with van der Waals surface area (Å²) in [5.74, 6) is 0. The Balaban J connectivity index is 2.40. The van der Waals surface area contributed by atoms with E-state index in [2.05, 4.69) is 17.0 Å². The van der Waals surface area contributed by atoms with Gasteiger partial charge in [-0.1, -0.05) is 30.3 Å². The van der Waals surface area contributed by atoms with E-state index in [0.717, 1.165) is 12.8 Å². The van der Waals surface area contributed by atoms with Crippen LogP contribution in [-0.4, -0.2) is 6.04 Å². The van der Waals surface area contributed by atoms with E-state index in [1.807, 2.05) is 25.1 Å². The summed E-state index contributed by atoms with van der Waals surface area (Å²) in [6, 6.07) is 10.5. The summed E-state index contributed by atoms with van der Waals surface area (Å²) in [5, 5.41) is 0. The number of nitrogens with zero attached hydrogens (tertiary/aromatic N) is 1. The van der Waals surface area contributed by atoms with Gasteiger partial charge in [-0.15, -0.1) is 0 Å². The van der Waals surface area contributed by atoms with Gasteiger partial charge in [0.15, 0.2) is 0 Å². The molecule has 1 aromatic carbocycles. The molecule has 0 saturated heterocycles. The molecule has 0 N–H and O–H groups in total. The second-order valence-electron chi connectivity index (χ2n) is 3.00. The highest BCUT2D eigenvalue weighted by molar-refractivity contribution is 5.14. The highest BCUT2D eigenvalue weighted by atomic mass is 14.7. The number of hydrogen-bond donors (Lipinski definition) is 0. The topological polar surface area (TPSA) is 4.36 Å². The summed E-state index contributed by atoms with van der Waals surface area (Å²) in [5.41, 5.74) is 1.33. The van der Waals surface area contributed by atoms with Crippen molar-refractivity contribution in [3.05, 3.63) is 47.3 Å². The van der Waals surface area contributed by atoms with Crippen LogP contribution in [0, 0.1) is 6.57 Å². The Morgan fingerprint density at radius 3 is 2.58 bits per heavy atom. The molecule has 0 heterocycles. The van der Waals surface area contributed by atoms with Gasteiger partial charge in [0, 0.05) is 13.3 Å². The van der Waals surface area contributed by atoms with Crippen LogP contribution in [0.3, 0.4) is 0 Å². The molecule has 0 radical (unpaired) electrons. The van der Waals surface area contributed by atoms with E-state index in [1.165, 1.54) is 5.56 Å². The van der Waals surface area contributed by atoms with Crippen LogP contribution in [0.25, 0.3) is 4.85 Å². The predicted molar refractivity (Wildman–Crippen MR) is 50.8 cm³/mol. The molecule has 1 heteroatoms. The fourth-order valence-corrected chi connectivity index (χ4v) is 1.08. The summed E-state index contributed by atoms with van der Waals surface area (Å²) in [7, 11) is 0. The molecule has 1 rings (SSSR count). The van der Waals surface area contributed by atoms with Crippen molar-refractivity contribution in [1.29, 1.82) is 0 Å². The molecule has 0 fully saturated rings. The van der Waals surface area contributed by atoms with Gasteiger partial charge in [-0.05, 0) is 12.0 Å². The van der Waals surface area contributed by atoms with Gasteiger partial charge in [0.25, 0.3) is 0 Å². The molecule has 0 saturated carbocycles. The monoisotopic (exact) mass is 159 g/mol. The smallest absolute Gasteiger partial charge is 0.221 e. The van der Waals surface area contributed by atoms with Crippen LogP contribution in [-0.2, 0) is 6.42 Å². The van der Waals surface area contributed by atoms with Gasteiger partial charge in [0.1, 0.15) is 0 Å². The van der Waals surface area contributed by atoms with E-state index in [-0.39, 0.29) is 6.04 Å². The maximum atomic E-state index is 6.80. The second-order valence-corrected chi connectivity index (χ2v) is 3.00. The SMILES string of the molecule is [C-]#[N+][C@H](C)CCc1ccccc1. The molecule has 62 valence electrons. The standard InChI is InChI=1S/C11H13N/c1-10(12-2)8-9-11-6-4-3-5-7-11/h3-7,10H,8-9H2,1H3/t10-/m1/s1. The fourth-order valence-electron chi connectivity index (χ4n) is 1.08. The zero-order valence-corrected chi connectivity index (χ0v) is 7.33. The van der Waals surface area contributed by atoms with Crippen molar-refractivity contribution < 1.29 is 0 Å². The quantitative estimate of drug-likeness (QED) is 0.597. The van der Waals surface area contributed by atoms with E-state index in [9.17, 15) is 0 Å². The van der Waals surface area contributed by atoms with Gasteiger partial charge in [-0.3, -0.25) is 0 Å². The van der Waals surface area contributed by atoms with Crippen LogP contribution in [0.15, 0.2) is 30.3 Å². The Kier molecular flexibility index (Phi) is 3.35. The van der Waals surface area contributed by atoms with Crippen LogP contribution in [0.5, 0.6) is 0 Å². The van der Waals surface area contributed by atoms with Gasteiger partial charge >= 0.3 is 0 Å². The molecule has 0 aliphatic heterocycles. The van der Waals surface area contributed by atoms with Gasteiger partial charge in [-0.2, -0.15) is 0 Å². The van der Waals surface area contributed by atoms with Crippen molar-refractivity contribution >= 4 is 0 Å². The maximum Gasteiger partial charge on any atom is 0.221 e. The molecule has 1 nitrogen and oxygen atoms in total. The first kappa shape index (κ1) is 8.80. The van der Waals surface area contributed by atoms with E-state index in [0.29, 0.717) is 0 Å². The van der Waals surface area contributed by atoms with E-state index < -0.39 is 0 Å². The van der Waals surface area contributed by atoms with Gasteiger partial charge < -0.3 is 4.85 Å². The summed E-state index contributed by atoms with van der Waals surface area (Å²) < 4.78 is 0. The van der Waals surface area contributed by atoms with Crippen molar-refractivity contribution in [2.75, 3.05) is 0 Å². The average molecular weight is 159 g/mol. The predicted octanol–water partition coefficient (Wildman–Crippen LogP) is 2.93. The first-order valence-electron chi connectivity index (χ1n) is 4.23. The molecule has 1 aromatic rings. The zero-order chi connectivity index (χ0) is 8.81. The first-order chi connectivity index (χ1) is 5.83. The normalized spacial score (nSPS) is 12.0. The maximum absolute atomic E-state index is 6.80. The number of benzene rings is 1. The average Bonchev–Trinajstić information content (AvgIpc) is 2.16. The molecule has 1 atom stereocenters. The van der Waals surface area contributed by atoms with Crippen LogP contribution >= 0.6 is 0 Å². The van der Waals surface area contributed by atoms with Crippen molar-refractivity contribution in [3.8, 4) is 0 Å². The molecule has 0 unspecified atom stereocenters. The van der Waals surface area contributed by atoms with E-state index in [1.54, 1.807) is 0 Å². The minimum atomic E-state index is 0.158.